The number of nitrogens with zero attached hydrogens (tertiary/aromatic N) is 1. The summed E-state index contributed by atoms with van der Waals surface area (Å²) in [4.78, 5) is 14.9. The van der Waals surface area contributed by atoms with Gasteiger partial charge in [-0.15, -0.1) is 6.58 Å². The molecule has 2 aromatic carbocycles. The lowest BCUT2D eigenvalue weighted by atomic mass is 10.0. The van der Waals surface area contributed by atoms with Crippen molar-refractivity contribution in [3.63, 3.8) is 0 Å². The number of amides is 1. The number of carbonyl (C=O) groups excluding carboxylic acids is 1. The monoisotopic (exact) mass is 339 g/mol. The number of ether oxygens (including phenoxy) is 3. The summed E-state index contributed by atoms with van der Waals surface area (Å²) in [5.41, 5.74) is 2.19. The average Bonchev–Trinajstić information content (AvgIpc) is 2.66. The van der Waals surface area contributed by atoms with E-state index in [2.05, 4.69) is 6.58 Å². The zero-order valence-electron chi connectivity index (χ0n) is 14.5. The van der Waals surface area contributed by atoms with E-state index in [4.69, 9.17) is 14.2 Å². The smallest absolute Gasteiger partial charge is 0.258 e. The average molecular weight is 339 g/mol. The Morgan fingerprint density at radius 3 is 2.80 bits per heavy atom. The molecule has 25 heavy (non-hydrogen) atoms. The van der Waals surface area contributed by atoms with Gasteiger partial charge in [-0.25, -0.2) is 0 Å². The summed E-state index contributed by atoms with van der Waals surface area (Å²) >= 11 is 0. The quantitative estimate of drug-likeness (QED) is 0.783. The van der Waals surface area contributed by atoms with Crippen molar-refractivity contribution in [1.29, 1.82) is 0 Å². The number of benzene rings is 2. The predicted molar refractivity (Wildman–Crippen MR) is 97.1 cm³/mol. The third kappa shape index (κ3) is 3.18. The standard InChI is InChI=1S/C20H21NO4/c1-4-7-14-12-15(13-18(23-2)19(14)24-3)20(22)21-10-11-25-17-9-6-5-8-16(17)21/h4-6,8-9,12-13H,1,7,10-11H2,2-3H3. The molecule has 3 rings (SSSR count). The van der Waals surface area contributed by atoms with Crippen molar-refractivity contribution in [3.8, 4) is 17.2 Å². The Labute approximate surface area is 147 Å². The molecular weight excluding hydrogens is 318 g/mol. The van der Waals surface area contributed by atoms with Crippen molar-refractivity contribution in [2.24, 2.45) is 0 Å². The van der Waals surface area contributed by atoms with Crippen LogP contribution in [0.3, 0.4) is 0 Å². The molecular formula is C20H21NO4. The summed E-state index contributed by atoms with van der Waals surface area (Å²) in [5.74, 6) is 1.78. The van der Waals surface area contributed by atoms with Gasteiger partial charge >= 0.3 is 0 Å². The molecule has 0 radical (unpaired) electrons. The number of rotatable bonds is 5. The highest BCUT2D eigenvalue weighted by Crippen LogP contribution is 2.36. The van der Waals surface area contributed by atoms with Gasteiger partial charge in [0, 0.05) is 11.1 Å². The maximum Gasteiger partial charge on any atom is 0.258 e. The fourth-order valence-corrected chi connectivity index (χ4v) is 3.01. The molecule has 0 saturated heterocycles. The number of allylic oxidation sites excluding steroid dienone is 1. The summed E-state index contributed by atoms with van der Waals surface area (Å²) in [6.45, 7) is 4.74. The van der Waals surface area contributed by atoms with Crippen LogP contribution in [0.2, 0.25) is 0 Å². The zero-order chi connectivity index (χ0) is 17.8. The maximum absolute atomic E-state index is 13.1. The van der Waals surface area contributed by atoms with E-state index in [0.717, 1.165) is 11.3 Å². The van der Waals surface area contributed by atoms with Crippen LogP contribution < -0.4 is 19.1 Å². The van der Waals surface area contributed by atoms with Crippen LogP contribution in [0.15, 0.2) is 49.1 Å². The van der Waals surface area contributed by atoms with E-state index in [1.54, 1.807) is 31.3 Å². The maximum atomic E-state index is 13.1. The largest absolute Gasteiger partial charge is 0.493 e. The number of carbonyl (C=O) groups is 1. The second-order valence-corrected chi connectivity index (χ2v) is 5.64. The van der Waals surface area contributed by atoms with E-state index >= 15 is 0 Å². The van der Waals surface area contributed by atoms with E-state index in [1.165, 1.54) is 0 Å². The Morgan fingerprint density at radius 2 is 2.08 bits per heavy atom. The summed E-state index contributed by atoms with van der Waals surface area (Å²) in [7, 11) is 3.15. The van der Waals surface area contributed by atoms with E-state index in [9.17, 15) is 4.79 Å². The second-order valence-electron chi connectivity index (χ2n) is 5.64. The van der Waals surface area contributed by atoms with Crippen molar-refractivity contribution in [3.05, 3.63) is 60.2 Å². The first-order valence-corrected chi connectivity index (χ1v) is 8.09. The minimum absolute atomic E-state index is 0.0954. The third-order valence-electron chi connectivity index (χ3n) is 4.14. The first kappa shape index (κ1) is 16.9. The normalized spacial score (nSPS) is 12.8. The van der Waals surface area contributed by atoms with Gasteiger partial charge in [-0.3, -0.25) is 4.79 Å². The lowest BCUT2D eigenvalue weighted by molar-refractivity contribution is 0.0976. The second kappa shape index (κ2) is 7.30. The molecule has 0 spiro atoms. The molecule has 1 amide bonds. The van der Waals surface area contributed by atoms with Gasteiger partial charge in [0.1, 0.15) is 12.4 Å². The lowest BCUT2D eigenvalue weighted by Gasteiger charge is -2.29. The van der Waals surface area contributed by atoms with Crippen LogP contribution in [-0.4, -0.2) is 33.3 Å². The van der Waals surface area contributed by atoms with Crippen LogP contribution in [0.4, 0.5) is 5.69 Å². The molecule has 0 N–H and O–H groups in total. The highest BCUT2D eigenvalue weighted by Gasteiger charge is 2.26. The van der Waals surface area contributed by atoms with E-state index < -0.39 is 0 Å². The van der Waals surface area contributed by atoms with Gasteiger partial charge < -0.3 is 19.1 Å². The summed E-state index contributed by atoms with van der Waals surface area (Å²) in [6.07, 6.45) is 2.36. The molecule has 0 saturated carbocycles. The number of anilines is 1. The minimum atomic E-state index is -0.0954. The highest BCUT2D eigenvalue weighted by molar-refractivity contribution is 6.07. The van der Waals surface area contributed by atoms with E-state index in [0.29, 0.717) is 42.4 Å². The Balaban J connectivity index is 2.03. The Morgan fingerprint density at radius 1 is 1.28 bits per heavy atom. The van der Waals surface area contributed by atoms with Gasteiger partial charge in [0.25, 0.3) is 5.91 Å². The van der Waals surface area contributed by atoms with Gasteiger partial charge in [0.05, 0.1) is 26.5 Å². The summed E-state index contributed by atoms with van der Waals surface area (Å²) in [6, 6.07) is 11.1. The van der Waals surface area contributed by atoms with Gasteiger partial charge in [0.2, 0.25) is 0 Å². The van der Waals surface area contributed by atoms with Gasteiger partial charge in [-0.2, -0.15) is 0 Å². The number of hydrogen-bond donors (Lipinski definition) is 0. The summed E-state index contributed by atoms with van der Waals surface area (Å²) < 4.78 is 16.5. The van der Waals surface area contributed by atoms with Crippen LogP contribution in [0, 0.1) is 0 Å². The zero-order valence-corrected chi connectivity index (χ0v) is 14.5. The molecule has 0 unspecified atom stereocenters. The first-order valence-electron chi connectivity index (χ1n) is 8.09. The number of hydrogen-bond acceptors (Lipinski definition) is 4. The van der Waals surface area contributed by atoms with Crippen LogP contribution in [0.25, 0.3) is 0 Å². The molecule has 1 heterocycles. The third-order valence-corrected chi connectivity index (χ3v) is 4.14. The number of para-hydroxylation sites is 2. The van der Waals surface area contributed by atoms with Gasteiger partial charge in [-0.05, 0) is 30.7 Å². The summed E-state index contributed by atoms with van der Waals surface area (Å²) in [5, 5.41) is 0. The molecule has 2 aromatic rings. The molecule has 0 atom stereocenters. The van der Waals surface area contributed by atoms with E-state index in [-0.39, 0.29) is 5.91 Å². The van der Waals surface area contributed by atoms with E-state index in [1.807, 2.05) is 30.3 Å². The van der Waals surface area contributed by atoms with Gasteiger partial charge in [0.15, 0.2) is 11.5 Å². The Bertz CT molecular complexity index is 800. The number of methoxy groups -OCH3 is 2. The fraction of sp³-hybridized carbons (Fsp3) is 0.250. The molecule has 1 aliphatic rings. The molecule has 5 heteroatoms. The van der Waals surface area contributed by atoms with Crippen LogP contribution in [0.5, 0.6) is 17.2 Å². The Hall–Kier alpha value is -2.95. The molecule has 0 fully saturated rings. The van der Waals surface area contributed by atoms with Crippen molar-refractivity contribution in [2.45, 2.75) is 6.42 Å². The fourth-order valence-electron chi connectivity index (χ4n) is 3.01. The molecule has 0 aliphatic carbocycles. The molecule has 0 bridgehead atoms. The van der Waals surface area contributed by atoms with Crippen LogP contribution in [0.1, 0.15) is 15.9 Å². The molecule has 130 valence electrons. The highest BCUT2D eigenvalue weighted by atomic mass is 16.5. The van der Waals surface area contributed by atoms with Crippen molar-refractivity contribution >= 4 is 11.6 Å². The predicted octanol–water partition coefficient (Wildman–Crippen LogP) is 3.47. The van der Waals surface area contributed by atoms with Crippen molar-refractivity contribution in [1.82, 2.24) is 0 Å². The Kier molecular flexibility index (Phi) is 4.93. The van der Waals surface area contributed by atoms with Gasteiger partial charge in [-0.1, -0.05) is 18.2 Å². The van der Waals surface area contributed by atoms with Crippen LogP contribution >= 0.6 is 0 Å². The van der Waals surface area contributed by atoms with Crippen LogP contribution in [-0.2, 0) is 6.42 Å². The van der Waals surface area contributed by atoms with Crippen molar-refractivity contribution in [2.75, 3.05) is 32.3 Å². The topological polar surface area (TPSA) is 48.0 Å². The SMILES string of the molecule is C=CCc1cc(C(=O)N2CCOc3ccccc32)cc(OC)c1OC. The van der Waals surface area contributed by atoms with Crippen molar-refractivity contribution < 1.29 is 19.0 Å². The molecule has 5 nitrogen and oxygen atoms in total. The lowest BCUT2D eigenvalue weighted by Crippen LogP contribution is -2.38. The minimum Gasteiger partial charge on any atom is -0.493 e. The molecule has 1 aliphatic heterocycles. The first-order chi connectivity index (χ1) is 12.2. The number of fused-ring (bicyclic) bond motifs is 1. The molecule has 0 aromatic heterocycles.